The molecule has 0 radical (unpaired) electrons. The summed E-state index contributed by atoms with van der Waals surface area (Å²) in [6.45, 7) is 4.26. The topological polar surface area (TPSA) is 89.8 Å². The minimum atomic E-state index is -1.07. The standard InChI is InChI=1S/C53H105NO4/c1-3-5-7-9-11-13-15-17-19-21-22-23-24-25-26-27-28-29-30-31-32-34-36-38-40-42-44-46-48-52(57)53(58)54-50(49-55)51(56)47-45-43-41-39-37-35-33-20-18-16-14-12-10-8-6-4-2/h25-26,50-52,55-57H,3-24,27-49H2,1-2H3,(H,54,58)/b26-25-. The molecule has 58 heavy (non-hydrogen) atoms. The van der Waals surface area contributed by atoms with Crippen molar-refractivity contribution in [3.8, 4) is 0 Å². The predicted molar refractivity (Wildman–Crippen MR) is 255 cm³/mol. The third-order valence-corrected chi connectivity index (χ3v) is 12.6. The number of allylic oxidation sites excluding steroid dienone is 2. The molecule has 0 aliphatic carbocycles. The van der Waals surface area contributed by atoms with Crippen molar-refractivity contribution in [3.05, 3.63) is 12.2 Å². The number of hydrogen-bond acceptors (Lipinski definition) is 4. The summed E-state index contributed by atoms with van der Waals surface area (Å²) in [5.41, 5.74) is 0. The zero-order chi connectivity index (χ0) is 42.3. The number of carbonyl (C=O) groups is 1. The van der Waals surface area contributed by atoms with Crippen LogP contribution in [0.1, 0.15) is 296 Å². The lowest BCUT2D eigenvalue weighted by atomic mass is 10.0. The van der Waals surface area contributed by atoms with E-state index < -0.39 is 24.2 Å². The highest BCUT2D eigenvalue weighted by molar-refractivity contribution is 5.80. The van der Waals surface area contributed by atoms with Crippen LogP contribution in [-0.4, -0.2) is 46.1 Å². The van der Waals surface area contributed by atoms with Gasteiger partial charge >= 0.3 is 0 Å². The zero-order valence-electron chi connectivity index (χ0n) is 39.5. The zero-order valence-corrected chi connectivity index (χ0v) is 39.5. The van der Waals surface area contributed by atoms with Gasteiger partial charge in [-0.15, -0.1) is 0 Å². The van der Waals surface area contributed by atoms with Crippen LogP contribution in [0.25, 0.3) is 0 Å². The molecule has 0 saturated carbocycles. The van der Waals surface area contributed by atoms with E-state index in [0.717, 1.165) is 32.1 Å². The average molecular weight is 820 g/mol. The van der Waals surface area contributed by atoms with E-state index in [0.29, 0.717) is 12.8 Å². The fourth-order valence-electron chi connectivity index (χ4n) is 8.48. The third-order valence-electron chi connectivity index (χ3n) is 12.6. The summed E-state index contributed by atoms with van der Waals surface area (Å²) in [5.74, 6) is -0.466. The highest BCUT2D eigenvalue weighted by Crippen LogP contribution is 2.17. The molecule has 0 aromatic heterocycles. The van der Waals surface area contributed by atoms with Crippen LogP contribution in [0, 0.1) is 0 Å². The molecule has 0 fully saturated rings. The molecule has 0 aromatic carbocycles. The van der Waals surface area contributed by atoms with Crippen LogP contribution in [-0.2, 0) is 4.79 Å². The fourth-order valence-corrected chi connectivity index (χ4v) is 8.48. The van der Waals surface area contributed by atoms with E-state index in [4.69, 9.17) is 0 Å². The van der Waals surface area contributed by atoms with Crippen molar-refractivity contribution in [1.82, 2.24) is 5.32 Å². The Morgan fingerprint density at radius 1 is 0.397 bits per heavy atom. The molecule has 0 rings (SSSR count). The summed E-state index contributed by atoms with van der Waals surface area (Å²) < 4.78 is 0. The van der Waals surface area contributed by atoms with E-state index in [1.54, 1.807) is 0 Å². The number of aliphatic hydroxyl groups is 3. The maximum Gasteiger partial charge on any atom is 0.249 e. The first-order valence-corrected chi connectivity index (χ1v) is 26.5. The van der Waals surface area contributed by atoms with Crippen molar-refractivity contribution >= 4 is 5.91 Å². The number of unbranched alkanes of at least 4 members (excludes halogenated alkanes) is 39. The lowest BCUT2D eigenvalue weighted by Gasteiger charge is -2.23. The first-order valence-electron chi connectivity index (χ1n) is 26.5. The number of carbonyl (C=O) groups excluding carboxylic acids is 1. The number of nitrogens with one attached hydrogen (secondary N) is 1. The van der Waals surface area contributed by atoms with Crippen molar-refractivity contribution in [2.24, 2.45) is 0 Å². The number of hydrogen-bond donors (Lipinski definition) is 4. The Kier molecular flexibility index (Phi) is 48.0. The normalized spacial score (nSPS) is 13.4. The summed E-state index contributed by atoms with van der Waals surface area (Å²) in [6, 6.07) is -0.709. The van der Waals surface area contributed by atoms with Gasteiger partial charge in [-0.2, -0.15) is 0 Å². The van der Waals surface area contributed by atoms with Crippen molar-refractivity contribution in [1.29, 1.82) is 0 Å². The maximum absolute atomic E-state index is 12.5. The molecule has 0 aliphatic heterocycles. The van der Waals surface area contributed by atoms with Crippen molar-refractivity contribution in [2.75, 3.05) is 6.61 Å². The molecule has 3 unspecified atom stereocenters. The minimum Gasteiger partial charge on any atom is -0.394 e. The smallest absolute Gasteiger partial charge is 0.249 e. The van der Waals surface area contributed by atoms with Gasteiger partial charge < -0.3 is 20.6 Å². The van der Waals surface area contributed by atoms with Gasteiger partial charge in [-0.05, 0) is 38.5 Å². The van der Waals surface area contributed by atoms with E-state index in [9.17, 15) is 20.1 Å². The molecule has 3 atom stereocenters. The second-order valence-electron chi connectivity index (χ2n) is 18.4. The van der Waals surface area contributed by atoms with E-state index in [1.807, 2.05) is 0 Å². The molecule has 346 valence electrons. The molecule has 0 aromatic rings. The van der Waals surface area contributed by atoms with Gasteiger partial charge in [0.2, 0.25) is 5.91 Å². The Morgan fingerprint density at radius 3 is 0.948 bits per heavy atom. The molecule has 0 spiro atoms. The average Bonchev–Trinajstić information content (AvgIpc) is 3.23. The van der Waals surface area contributed by atoms with Gasteiger partial charge in [-0.25, -0.2) is 0 Å². The summed E-state index contributed by atoms with van der Waals surface area (Å²) in [5, 5.41) is 33.5. The SMILES string of the molecule is CCCCCCCCCCCCCC/C=C\CCCCCCCCCCCCCCC(O)C(=O)NC(CO)C(O)CCCCCCCCCCCCCCCCCC. The van der Waals surface area contributed by atoms with Crippen molar-refractivity contribution < 1.29 is 20.1 Å². The van der Waals surface area contributed by atoms with Crippen LogP contribution in [0.5, 0.6) is 0 Å². The minimum absolute atomic E-state index is 0.310. The van der Waals surface area contributed by atoms with E-state index in [2.05, 4.69) is 31.3 Å². The fraction of sp³-hybridized carbons (Fsp3) is 0.943. The molecular formula is C53H105NO4. The van der Waals surface area contributed by atoms with Crippen LogP contribution >= 0.6 is 0 Å². The number of amides is 1. The molecule has 0 saturated heterocycles. The molecule has 0 aliphatic rings. The van der Waals surface area contributed by atoms with Crippen LogP contribution in [0.2, 0.25) is 0 Å². The van der Waals surface area contributed by atoms with Crippen LogP contribution in [0.4, 0.5) is 0 Å². The van der Waals surface area contributed by atoms with Gasteiger partial charge in [-0.3, -0.25) is 4.79 Å². The van der Waals surface area contributed by atoms with E-state index >= 15 is 0 Å². The van der Waals surface area contributed by atoms with Crippen molar-refractivity contribution in [3.63, 3.8) is 0 Å². The highest BCUT2D eigenvalue weighted by Gasteiger charge is 2.23. The molecule has 5 heteroatoms. The Bertz CT molecular complexity index is 818. The van der Waals surface area contributed by atoms with Crippen LogP contribution in [0.3, 0.4) is 0 Å². The summed E-state index contributed by atoms with van der Waals surface area (Å²) in [4.78, 5) is 12.5. The number of rotatable bonds is 49. The Labute approximate surface area is 363 Å². The molecule has 0 heterocycles. The summed E-state index contributed by atoms with van der Waals surface area (Å²) in [6.07, 6.45) is 59.6. The second-order valence-corrected chi connectivity index (χ2v) is 18.4. The van der Waals surface area contributed by atoms with E-state index in [1.165, 1.54) is 238 Å². The second kappa shape index (κ2) is 48.8. The quantitative estimate of drug-likeness (QED) is 0.0364. The Hall–Kier alpha value is -0.910. The van der Waals surface area contributed by atoms with Gasteiger partial charge in [0.05, 0.1) is 18.8 Å². The first kappa shape index (κ1) is 57.1. The van der Waals surface area contributed by atoms with Gasteiger partial charge in [-0.1, -0.05) is 270 Å². The van der Waals surface area contributed by atoms with Crippen LogP contribution < -0.4 is 5.32 Å². The third kappa shape index (κ3) is 43.2. The Morgan fingerprint density at radius 2 is 0.655 bits per heavy atom. The Balaban J connectivity index is 3.51. The largest absolute Gasteiger partial charge is 0.394 e. The van der Waals surface area contributed by atoms with Gasteiger partial charge in [0.15, 0.2) is 0 Å². The summed E-state index contributed by atoms with van der Waals surface area (Å²) >= 11 is 0. The first-order chi connectivity index (χ1) is 28.6. The highest BCUT2D eigenvalue weighted by atomic mass is 16.3. The molecule has 1 amide bonds. The van der Waals surface area contributed by atoms with E-state index in [-0.39, 0.29) is 6.61 Å². The lowest BCUT2D eigenvalue weighted by Crippen LogP contribution is -2.49. The van der Waals surface area contributed by atoms with Gasteiger partial charge in [0.25, 0.3) is 0 Å². The monoisotopic (exact) mass is 820 g/mol. The summed E-state index contributed by atoms with van der Waals surface area (Å²) in [7, 11) is 0. The van der Waals surface area contributed by atoms with Crippen LogP contribution in [0.15, 0.2) is 12.2 Å². The molecule has 5 nitrogen and oxygen atoms in total. The molecule has 0 bridgehead atoms. The molecule has 4 N–H and O–H groups in total. The maximum atomic E-state index is 12.5. The van der Waals surface area contributed by atoms with Gasteiger partial charge in [0.1, 0.15) is 6.10 Å². The molecular weight excluding hydrogens is 715 g/mol. The van der Waals surface area contributed by atoms with Gasteiger partial charge in [0, 0.05) is 0 Å². The predicted octanol–water partition coefficient (Wildman–Crippen LogP) is 15.9. The van der Waals surface area contributed by atoms with Crippen molar-refractivity contribution in [2.45, 2.75) is 315 Å². The number of aliphatic hydroxyl groups excluding tert-OH is 3. The lowest BCUT2D eigenvalue weighted by molar-refractivity contribution is -0.131.